The second-order valence-corrected chi connectivity index (χ2v) is 3.85. The van der Waals surface area contributed by atoms with Crippen molar-refractivity contribution in [2.75, 3.05) is 0 Å². The van der Waals surface area contributed by atoms with Crippen LogP contribution in [0.3, 0.4) is 0 Å². The Labute approximate surface area is 68.2 Å². The number of hydrogen-bond donors (Lipinski definition) is 1. The van der Waals surface area contributed by atoms with E-state index in [1.807, 2.05) is 0 Å². The number of carbonyl (C=O) groups excluding carboxylic acids is 1. The molecule has 0 aromatic heterocycles. The van der Waals surface area contributed by atoms with Crippen molar-refractivity contribution in [3.8, 4) is 0 Å². The molecule has 2 N–H and O–H groups in total. The molecule has 0 aromatic rings. The fourth-order valence-electron chi connectivity index (χ4n) is 2.14. The summed E-state index contributed by atoms with van der Waals surface area (Å²) in [6.45, 7) is 4.35. The van der Waals surface area contributed by atoms with Crippen LogP contribution in [0.4, 0.5) is 0 Å². The highest BCUT2D eigenvalue weighted by molar-refractivity contribution is 5.77. The van der Waals surface area contributed by atoms with Crippen molar-refractivity contribution < 1.29 is 4.79 Å². The van der Waals surface area contributed by atoms with Gasteiger partial charge in [-0.2, -0.15) is 0 Å². The SMILES string of the molecule is CC(C)[C@H]1CCC[C@@H]1C(N)=O. The molecule has 1 rings (SSSR count). The molecule has 0 saturated heterocycles. The number of rotatable bonds is 2. The van der Waals surface area contributed by atoms with Crippen LogP contribution < -0.4 is 5.73 Å². The third-order valence-electron chi connectivity index (χ3n) is 2.79. The van der Waals surface area contributed by atoms with Crippen LogP contribution in [-0.4, -0.2) is 5.91 Å². The molecule has 1 aliphatic rings. The molecule has 0 aromatic carbocycles. The van der Waals surface area contributed by atoms with Crippen molar-refractivity contribution in [1.29, 1.82) is 0 Å². The Morgan fingerprint density at radius 2 is 2.09 bits per heavy atom. The number of primary amides is 1. The van der Waals surface area contributed by atoms with Crippen molar-refractivity contribution in [2.24, 2.45) is 23.5 Å². The van der Waals surface area contributed by atoms with E-state index in [4.69, 9.17) is 5.73 Å². The first-order valence-electron chi connectivity index (χ1n) is 4.42. The van der Waals surface area contributed by atoms with Gasteiger partial charge >= 0.3 is 0 Å². The highest BCUT2D eigenvalue weighted by Gasteiger charge is 2.32. The fourth-order valence-corrected chi connectivity index (χ4v) is 2.14. The summed E-state index contributed by atoms with van der Waals surface area (Å²) in [5, 5.41) is 0. The summed E-state index contributed by atoms with van der Waals surface area (Å²) in [5.41, 5.74) is 5.29. The van der Waals surface area contributed by atoms with E-state index in [1.54, 1.807) is 0 Å². The smallest absolute Gasteiger partial charge is 0.220 e. The Balaban J connectivity index is 2.58. The van der Waals surface area contributed by atoms with Gasteiger partial charge in [-0.3, -0.25) is 4.79 Å². The Morgan fingerprint density at radius 3 is 2.45 bits per heavy atom. The molecule has 1 fully saturated rings. The van der Waals surface area contributed by atoms with Gasteiger partial charge in [0, 0.05) is 5.92 Å². The molecule has 1 saturated carbocycles. The van der Waals surface area contributed by atoms with Gasteiger partial charge in [-0.05, 0) is 24.7 Å². The van der Waals surface area contributed by atoms with Crippen molar-refractivity contribution in [1.82, 2.24) is 0 Å². The van der Waals surface area contributed by atoms with Crippen LogP contribution in [-0.2, 0) is 4.79 Å². The van der Waals surface area contributed by atoms with Gasteiger partial charge in [-0.15, -0.1) is 0 Å². The second-order valence-electron chi connectivity index (χ2n) is 3.85. The molecule has 0 bridgehead atoms. The maximum atomic E-state index is 10.9. The fraction of sp³-hybridized carbons (Fsp3) is 0.889. The van der Waals surface area contributed by atoms with E-state index in [1.165, 1.54) is 12.8 Å². The first-order chi connectivity index (χ1) is 5.13. The zero-order chi connectivity index (χ0) is 8.43. The Bertz CT molecular complexity index is 154. The zero-order valence-corrected chi connectivity index (χ0v) is 7.34. The van der Waals surface area contributed by atoms with Crippen LogP contribution in [0.1, 0.15) is 33.1 Å². The highest BCUT2D eigenvalue weighted by atomic mass is 16.1. The maximum Gasteiger partial charge on any atom is 0.220 e. The largest absolute Gasteiger partial charge is 0.369 e. The molecule has 0 heterocycles. The first kappa shape index (κ1) is 8.57. The van der Waals surface area contributed by atoms with E-state index < -0.39 is 0 Å². The average molecular weight is 155 g/mol. The molecular weight excluding hydrogens is 138 g/mol. The van der Waals surface area contributed by atoms with Gasteiger partial charge in [0.2, 0.25) is 5.91 Å². The average Bonchev–Trinajstić information content (AvgIpc) is 2.32. The summed E-state index contributed by atoms with van der Waals surface area (Å²) < 4.78 is 0. The molecule has 0 aliphatic heterocycles. The van der Waals surface area contributed by atoms with Gasteiger partial charge in [0.05, 0.1) is 0 Å². The lowest BCUT2D eigenvalue weighted by molar-refractivity contribution is -0.123. The normalized spacial score (nSPS) is 31.2. The van der Waals surface area contributed by atoms with Gasteiger partial charge in [0.1, 0.15) is 0 Å². The minimum absolute atomic E-state index is 0.0961. The van der Waals surface area contributed by atoms with E-state index in [-0.39, 0.29) is 11.8 Å². The molecule has 1 aliphatic carbocycles. The summed E-state index contributed by atoms with van der Waals surface area (Å²) in [5.74, 6) is 1.22. The Morgan fingerprint density at radius 1 is 1.45 bits per heavy atom. The Hall–Kier alpha value is -0.530. The standard InChI is InChI=1S/C9H17NO/c1-6(2)7-4-3-5-8(7)9(10)11/h6-8H,3-5H2,1-2H3,(H2,10,11)/t7-,8+/m1/s1. The Kier molecular flexibility index (Phi) is 2.53. The van der Waals surface area contributed by atoms with E-state index in [0.29, 0.717) is 11.8 Å². The van der Waals surface area contributed by atoms with Crippen LogP contribution in [0.15, 0.2) is 0 Å². The maximum absolute atomic E-state index is 10.9. The van der Waals surface area contributed by atoms with Crippen LogP contribution in [0.2, 0.25) is 0 Å². The van der Waals surface area contributed by atoms with E-state index >= 15 is 0 Å². The van der Waals surface area contributed by atoms with Crippen molar-refractivity contribution >= 4 is 5.91 Å². The second kappa shape index (κ2) is 3.24. The third-order valence-corrected chi connectivity index (χ3v) is 2.79. The lowest BCUT2D eigenvalue weighted by Gasteiger charge is -2.19. The van der Waals surface area contributed by atoms with Crippen LogP contribution >= 0.6 is 0 Å². The number of carbonyl (C=O) groups is 1. The first-order valence-corrected chi connectivity index (χ1v) is 4.42. The number of hydrogen-bond acceptors (Lipinski definition) is 1. The third kappa shape index (κ3) is 1.73. The van der Waals surface area contributed by atoms with Crippen molar-refractivity contribution in [3.63, 3.8) is 0 Å². The van der Waals surface area contributed by atoms with Gasteiger partial charge in [-0.1, -0.05) is 20.3 Å². The number of amides is 1. The highest BCUT2D eigenvalue weighted by Crippen LogP contribution is 2.36. The van der Waals surface area contributed by atoms with Gasteiger partial charge in [0.25, 0.3) is 0 Å². The van der Waals surface area contributed by atoms with Gasteiger partial charge < -0.3 is 5.73 Å². The van der Waals surface area contributed by atoms with Gasteiger partial charge in [0.15, 0.2) is 0 Å². The molecule has 2 heteroatoms. The monoisotopic (exact) mass is 155 g/mol. The molecule has 0 radical (unpaired) electrons. The predicted octanol–water partition coefficient (Wildman–Crippen LogP) is 1.54. The molecule has 64 valence electrons. The molecule has 0 unspecified atom stereocenters. The molecule has 11 heavy (non-hydrogen) atoms. The lowest BCUT2D eigenvalue weighted by Crippen LogP contribution is -2.28. The van der Waals surface area contributed by atoms with Crippen LogP contribution in [0.25, 0.3) is 0 Å². The molecule has 0 spiro atoms. The lowest BCUT2D eigenvalue weighted by atomic mass is 9.86. The van der Waals surface area contributed by atoms with Gasteiger partial charge in [-0.25, -0.2) is 0 Å². The molecular formula is C9H17NO. The quantitative estimate of drug-likeness (QED) is 0.646. The van der Waals surface area contributed by atoms with E-state index in [2.05, 4.69) is 13.8 Å². The molecule has 2 nitrogen and oxygen atoms in total. The molecule has 2 atom stereocenters. The van der Waals surface area contributed by atoms with Crippen molar-refractivity contribution in [2.45, 2.75) is 33.1 Å². The van der Waals surface area contributed by atoms with Crippen LogP contribution in [0.5, 0.6) is 0 Å². The summed E-state index contributed by atoms with van der Waals surface area (Å²) in [6, 6.07) is 0. The summed E-state index contributed by atoms with van der Waals surface area (Å²) in [4.78, 5) is 10.9. The topological polar surface area (TPSA) is 43.1 Å². The predicted molar refractivity (Wildman–Crippen MR) is 44.9 cm³/mol. The zero-order valence-electron chi connectivity index (χ0n) is 7.34. The van der Waals surface area contributed by atoms with E-state index in [0.717, 1.165) is 6.42 Å². The summed E-state index contributed by atoms with van der Waals surface area (Å²) in [7, 11) is 0. The molecule has 1 amide bonds. The minimum atomic E-state index is -0.0961. The minimum Gasteiger partial charge on any atom is -0.369 e. The summed E-state index contributed by atoms with van der Waals surface area (Å²) >= 11 is 0. The number of nitrogens with two attached hydrogens (primary N) is 1. The van der Waals surface area contributed by atoms with E-state index in [9.17, 15) is 4.79 Å². The summed E-state index contributed by atoms with van der Waals surface area (Å²) in [6.07, 6.45) is 3.37. The van der Waals surface area contributed by atoms with Crippen LogP contribution in [0, 0.1) is 17.8 Å². The van der Waals surface area contributed by atoms with Crippen molar-refractivity contribution in [3.05, 3.63) is 0 Å².